The average Bonchev–Trinajstić information content (AvgIpc) is 2.97. The molecular formula is C13H15N3O2. The molecule has 5 heteroatoms. The third kappa shape index (κ3) is 1.86. The van der Waals surface area contributed by atoms with E-state index in [-0.39, 0.29) is 17.9 Å². The third-order valence-corrected chi connectivity index (χ3v) is 3.36. The molecule has 2 atom stereocenters. The van der Waals surface area contributed by atoms with Crippen molar-refractivity contribution in [3.05, 3.63) is 24.3 Å². The average molecular weight is 245 g/mol. The lowest BCUT2D eigenvalue weighted by molar-refractivity contribution is -0.126. The molecular weight excluding hydrogens is 230 g/mol. The Morgan fingerprint density at radius 3 is 3.11 bits per heavy atom. The first kappa shape index (κ1) is 11.2. The van der Waals surface area contributed by atoms with Crippen LogP contribution in [-0.2, 0) is 9.53 Å². The molecule has 0 spiro atoms. The maximum atomic E-state index is 12.1. The molecule has 2 heterocycles. The number of para-hydroxylation sites is 1. The van der Waals surface area contributed by atoms with Crippen LogP contribution in [0.3, 0.4) is 0 Å². The van der Waals surface area contributed by atoms with Crippen LogP contribution in [0, 0.1) is 5.92 Å². The number of rotatable bonds is 2. The molecule has 2 unspecified atom stereocenters. The van der Waals surface area contributed by atoms with E-state index in [1.807, 2.05) is 31.2 Å². The highest BCUT2D eigenvalue weighted by molar-refractivity contribution is 6.01. The first-order valence-electron chi connectivity index (χ1n) is 6.11. The van der Waals surface area contributed by atoms with E-state index in [1.165, 1.54) is 0 Å². The zero-order valence-corrected chi connectivity index (χ0v) is 10.1. The number of fused-ring (bicyclic) bond motifs is 1. The van der Waals surface area contributed by atoms with Crippen LogP contribution in [0.2, 0.25) is 0 Å². The number of aromatic amines is 1. The lowest BCUT2D eigenvalue weighted by Gasteiger charge is -2.13. The second-order valence-corrected chi connectivity index (χ2v) is 4.66. The Kier molecular flexibility index (Phi) is 2.76. The smallest absolute Gasteiger partial charge is 0.254 e. The summed E-state index contributed by atoms with van der Waals surface area (Å²) in [7, 11) is 0. The largest absolute Gasteiger partial charge is 0.368 e. The Morgan fingerprint density at radius 2 is 2.33 bits per heavy atom. The Hall–Kier alpha value is -1.88. The SMILES string of the molecule is CC1CCOC1C(=O)Nc1n[nH]c2ccccc12. The lowest BCUT2D eigenvalue weighted by Crippen LogP contribution is -2.31. The molecule has 18 heavy (non-hydrogen) atoms. The zero-order valence-electron chi connectivity index (χ0n) is 10.1. The number of carbonyl (C=O) groups is 1. The fourth-order valence-corrected chi connectivity index (χ4v) is 2.28. The van der Waals surface area contributed by atoms with Gasteiger partial charge in [0, 0.05) is 12.0 Å². The molecule has 0 radical (unpaired) electrons. The van der Waals surface area contributed by atoms with Gasteiger partial charge in [0.1, 0.15) is 6.10 Å². The van der Waals surface area contributed by atoms with Crippen molar-refractivity contribution >= 4 is 22.6 Å². The summed E-state index contributed by atoms with van der Waals surface area (Å²) >= 11 is 0. The van der Waals surface area contributed by atoms with Gasteiger partial charge in [0.05, 0.1) is 5.52 Å². The molecule has 0 saturated carbocycles. The fraction of sp³-hybridized carbons (Fsp3) is 0.385. The number of nitrogens with one attached hydrogen (secondary N) is 2. The normalized spacial score (nSPS) is 23.4. The van der Waals surface area contributed by atoms with Gasteiger partial charge < -0.3 is 10.1 Å². The highest BCUT2D eigenvalue weighted by Gasteiger charge is 2.31. The molecule has 94 valence electrons. The number of hydrogen-bond acceptors (Lipinski definition) is 3. The maximum absolute atomic E-state index is 12.1. The van der Waals surface area contributed by atoms with E-state index in [0.717, 1.165) is 17.3 Å². The summed E-state index contributed by atoms with van der Waals surface area (Å²) in [5.41, 5.74) is 0.910. The molecule has 1 aliphatic heterocycles. The molecule has 1 aromatic heterocycles. The quantitative estimate of drug-likeness (QED) is 0.849. The summed E-state index contributed by atoms with van der Waals surface area (Å²) in [6, 6.07) is 7.69. The molecule has 1 saturated heterocycles. The van der Waals surface area contributed by atoms with Gasteiger partial charge in [0.2, 0.25) is 0 Å². The number of amides is 1. The predicted molar refractivity (Wildman–Crippen MR) is 68.2 cm³/mol. The van der Waals surface area contributed by atoms with Gasteiger partial charge in [-0.15, -0.1) is 0 Å². The van der Waals surface area contributed by atoms with Crippen molar-refractivity contribution in [2.24, 2.45) is 5.92 Å². The Morgan fingerprint density at radius 1 is 1.50 bits per heavy atom. The van der Waals surface area contributed by atoms with Crippen LogP contribution in [0.25, 0.3) is 10.9 Å². The topological polar surface area (TPSA) is 67.0 Å². The van der Waals surface area contributed by atoms with Crippen molar-refractivity contribution in [2.75, 3.05) is 11.9 Å². The van der Waals surface area contributed by atoms with Crippen molar-refractivity contribution in [1.82, 2.24) is 10.2 Å². The van der Waals surface area contributed by atoms with Crippen molar-refractivity contribution < 1.29 is 9.53 Å². The summed E-state index contributed by atoms with van der Waals surface area (Å²) in [5, 5.41) is 10.8. The van der Waals surface area contributed by atoms with Crippen LogP contribution in [0.4, 0.5) is 5.82 Å². The number of aromatic nitrogens is 2. The summed E-state index contributed by atoms with van der Waals surface area (Å²) < 4.78 is 5.44. The Balaban J connectivity index is 1.82. The van der Waals surface area contributed by atoms with Crippen LogP contribution in [0.15, 0.2) is 24.3 Å². The third-order valence-electron chi connectivity index (χ3n) is 3.36. The summed E-state index contributed by atoms with van der Waals surface area (Å²) in [6.45, 7) is 2.68. The van der Waals surface area contributed by atoms with Gasteiger partial charge in [0.15, 0.2) is 5.82 Å². The molecule has 1 fully saturated rings. The van der Waals surface area contributed by atoms with Crippen LogP contribution in [-0.4, -0.2) is 28.8 Å². The molecule has 3 rings (SSSR count). The second-order valence-electron chi connectivity index (χ2n) is 4.66. The summed E-state index contributed by atoms with van der Waals surface area (Å²) in [6.07, 6.45) is 0.569. The number of ether oxygens (including phenoxy) is 1. The van der Waals surface area contributed by atoms with E-state index < -0.39 is 0 Å². The van der Waals surface area contributed by atoms with Gasteiger partial charge in [0.25, 0.3) is 5.91 Å². The molecule has 0 bridgehead atoms. The van der Waals surface area contributed by atoms with E-state index >= 15 is 0 Å². The minimum Gasteiger partial charge on any atom is -0.368 e. The fourth-order valence-electron chi connectivity index (χ4n) is 2.28. The first-order valence-corrected chi connectivity index (χ1v) is 6.11. The summed E-state index contributed by atoms with van der Waals surface area (Å²) in [4.78, 5) is 12.1. The summed E-state index contributed by atoms with van der Waals surface area (Å²) in [5.74, 6) is 0.714. The van der Waals surface area contributed by atoms with Crippen molar-refractivity contribution in [3.63, 3.8) is 0 Å². The molecule has 5 nitrogen and oxygen atoms in total. The number of nitrogens with zero attached hydrogens (tertiary/aromatic N) is 1. The Labute approximate surface area is 105 Å². The van der Waals surface area contributed by atoms with Gasteiger partial charge in [-0.25, -0.2) is 0 Å². The van der Waals surface area contributed by atoms with Crippen LogP contribution in [0.1, 0.15) is 13.3 Å². The lowest BCUT2D eigenvalue weighted by atomic mass is 10.0. The van der Waals surface area contributed by atoms with Crippen LogP contribution < -0.4 is 5.32 Å². The highest BCUT2D eigenvalue weighted by Crippen LogP contribution is 2.24. The minimum absolute atomic E-state index is 0.114. The molecule has 0 aliphatic carbocycles. The van der Waals surface area contributed by atoms with Crippen LogP contribution >= 0.6 is 0 Å². The van der Waals surface area contributed by atoms with E-state index in [1.54, 1.807) is 0 Å². The Bertz CT molecular complexity index is 578. The van der Waals surface area contributed by atoms with Gasteiger partial charge in [-0.1, -0.05) is 19.1 Å². The minimum atomic E-state index is -0.361. The molecule has 1 amide bonds. The van der Waals surface area contributed by atoms with Crippen LogP contribution in [0.5, 0.6) is 0 Å². The van der Waals surface area contributed by atoms with Crippen molar-refractivity contribution in [3.8, 4) is 0 Å². The zero-order chi connectivity index (χ0) is 12.5. The van der Waals surface area contributed by atoms with Gasteiger partial charge >= 0.3 is 0 Å². The highest BCUT2D eigenvalue weighted by atomic mass is 16.5. The van der Waals surface area contributed by atoms with Gasteiger partial charge in [-0.05, 0) is 24.5 Å². The van der Waals surface area contributed by atoms with Gasteiger partial charge in [-0.2, -0.15) is 5.10 Å². The molecule has 1 aromatic carbocycles. The number of carbonyl (C=O) groups excluding carboxylic acids is 1. The molecule has 2 N–H and O–H groups in total. The van der Waals surface area contributed by atoms with E-state index in [2.05, 4.69) is 15.5 Å². The monoisotopic (exact) mass is 245 g/mol. The molecule has 1 aliphatic rings. The van der Waals surface area contributed by atoms with Gasteiger partial charge in [-0.3, -0.25) is 9.89 Å². The van der Waals surface area contributed by atoms with Crippen molar-refractivity contribution in [2.45, 2.75) is 19.4 Å². The maximum Gasteiger partial charge on any atom is 0.254 e. The van der Waals surface area contributed by atoms with E-state index in [9.17, 15) is 4.79 Å². The second kappa shape index (κ2) is 4.42. The number of anilines is 1. The van der Waals surface area contributed by atoms with Crippen molar-refractivity contribution in [1.29, 1.82) is 0 Å². The predicted octanol–water partition coefficient (Wildman–Crippen LogP) is 1.93. The first-order chi connectivity index (χ1) is 8.75. The number of H-pyrrole nitrogens is 1. The number of benzene rings is 1. The van der Waals surface area contributed by atoms with E-state index in [0.29, 0.717) is 12.4 Å². The standard InChI is InChI=1S/C13H15N3O2/c1-8-6-7-18-11(8)13(17)14-12-9-4-2-3-5-10(9)15-16-12/h2-5,8,11H,6-7H2,1H3,(H2,14,15,16,17). The number of hydrogen-bond donors (Lipinski definition) is 2. The molecule has 2 aromatic rings. The van der Waals surface area contributed by atoms with E-state index in [4.69, 9.17) is 4.74 Å².